The normalized spacial score (nSPS) is 20.7. The first-order valence-electron chi connectivity index (χ1n) is 5.70. The van der Waals surface area contributed by atoms with Crippen LogP contribution in [-0.2, 0) is 10.0 Å². The molecule has 4 nitrogen and oxygen atoms in total. The van der Waals surface area contributed by atoms with Crippen LogP contribution in [0, 0.1) is 5.92 Å². The lowest BCUT2D eigenvalue weighted by molar-refractivity contribution is 0.115. The molecule has 1 fully saturated rings. The van der Waals surface area contributed by atoms with E-state index in [0.717, 1.165) is 25.7 Å². The summed E-state index contributed by atoms with van der Waals surface area (Å²) in [5.74, 6) is 0.430. The fraction of sp³-hybridized carbons (Fsp3) is 1.00. The average Bonchev–Trinajstić information content (AvgIpc) is 2.67. The van der Waals surface area contributed by atoms with Crippen molar-refractivity contribution in [2.75, 3.05) is 12.3 Å². The highest BCUT2D eigenvalue weighted by Crippen LogP contribution is 2.27. The summed E-state index contributed by atoms with van der Waals surface area (Å²) in [7, 11) is -3.17. The van der Waals surface area contributed by atoms with Crippen LogP contribution in [0.4, 0.5) is 0 Å². The van der Waals surface area contributed by atoms with Crippen molar-refractivity contribution < 1.29 is 13.5 Å². The molecule has 0 aliphatic heterocycles. The van der Waals surface area contributed by atoms with E-state index < -0.39 is 16.1 Å². The smallest absolute Gasteiger partial charge is 0.211 e. The van der Waals surface area contributed by atoms with Gasteiger partial charge in [-0.1, -0.05) is 19.8 Å². The maximum Gasteiger partial charge on any atom is 0.211 e. The van der Waals surface area contributed by atoms with Crippen LogP contribution in [0.2, 0.25) is 0 Å². The molecule has 0 amide bonds. The summed E-state index contributed by atoms with van der Waals surface area (Å²) in [5, 5.41) is 9.75. The first kappa shape index (κ1) is 12.9. The molecule has 0 aromatic heterocycles. The maximum atomic E-state index is 11.3. The summed E-state index contributed by atoms with van der Waals surface area (Å²) in [6.07, 6.45) is 4.45. The van der Waals surface area contributed by atoms with E-state index >= 15 is 0 Å². The fourth-order valence-corrected chi connectivity index (χ4v) is 3.17. The van der Waals surface area contributed by atoms with E-state index in [-0.39, 0.29) is 18.2 Å². The first-order chi connectivity index (χ1) is 7.05. The second kappa shape index (κ2) is 5.82. The molecule has 2 N–H and O–H groups in total. The molecule has 1 rings (SSSR count). The third-order valence-electron chi connectivity index (χ3n) is 2.93. The molecule has 5 heteroatoms. The van der Waals surface area contributed by atoms with Crippen LogP contribution in [0.5, 0.6) is 0 Å². The number of sulfonamides is 1. The van der Waals surface area contributed by atoms with E-state index in [1.165, 1.54) is 0 Å². The van der Waals surface area contributed by atoms with Gasteiger partial charge in [0.05, 0.1) is 11.9 Å². The number of aliphatic hydroxyl groups excluding tert-OH is 1. The van der Waals surface area contributed by atoms with E-state index in [1.54, 1.807) is 0 Å². The summed E-state index contributed by atoms with van der Waals surface area (Å²) in [5.41, 5.74) is 0. The summed E-state index contributed by atoms with van der Waals surface area (Å²) in [6, 6.07) is 0. The van der Waals surface area contributed by atoms with Crippen molar-refractivity contribution in [2.45, 2.75) is 45.1 Å². The van der Waals surface area contributed by atoms with Gasteiger partial charge in [0.25, 0.3) is 0 Å². The molecule has 90 valence electrons. The van der Waals surface area contributed by atoms with Crippen molar-refractivity contribution in [3.05, 3.63) is 0 Å². The second-order valence-corrected chi connectivity index (χ2v) is 6.21. The molecule has 1 aliphatic carbocycles. The van der Waals surface area contributed by atoms with Gasteiger partial charge in [-0.3, -0.25) is 0 Å². The quantitative estimate of drug-likeness (QED) is 0.718. The van der Waals surface area contributed by atoms with E-state index in [1.807, 2.05) is 6.92 Å². The molecule has 1 unspecified atom stereocenters. The predicted molar refractivity (Wildman–Crippen MR) is 60.0 cm³/mol. The van der Waals surface area contributed by atoms with Crippen LogP contribution in [0.1, 0.15) is 39.0 Å². The van der Waals surface area contributed by atoms with Gasteiger partial charge in [0, 0.05) is 6.54 Å². The molecule has 15 heavy (non-hydrogen) atoms. The lowest BCUT2D eigenvalue weighted by atomic mass is 10.0. The van der Waals surface area contributed by atoms with Crippen LogP contribution < -0.4 is 4.72 Å². The molecule has 0 heterocycles. The summed E-state index contributed by atoms with van der Waals surface area (Å²) < 4.78 is 25.1. The minimum Gasteiger partial charge on any atom is -0.391 e. The summed E-state index contributed by atoms with van der Waals surface area (Å²) >= 11 is 0. The Kier molecular flexibility index (Phi) is 5.02. The standard InChI is InChI=1S/C10H21NO3S/c1-2-7-15(13,14)11-8-10(12)9-5-3-4-6-9/h9-12H,2-8H2,1H3. The van der Waals surface area contributed by atoms with Gasteiger partial charge in [0.2, 0.25) is 10.0 Å². The lowest BCUT2D eigenvalue weighted by Crippen LogP contribution is -2.36. The predicted octanol–water partition coefficient (Wildman–Crippen LogP) is 0.867. The van der Waals surface area contributed by atoms with Gasteiger partial charge in [0.1, 0.15) is 0 Å². The lowest BCUT2D eigenvalue weighted by Gasteiger charge is -2.17. The largest absolute Gasteiger partial charge is 0.391 e. The molecule has 0 spiro atoms. The molecule has 1 saturated carbocycles. The Hall–Kier alpha value is -0.130. The summed E-state index contributed by atoms with van der Waals surface area (Å²) in [4.78, 5) is 0. The third-order valence-corrected chi connectivity index (χ3v) is 4.48. The Morgan fingerprint density at radius 2 is 2.00 bits per heavy atom. The van der Waals surface area contributed by atoms with Crippen molar-refractivity contribution >= 4 is 10.0 Å². The highest BCUT2D eigenvalue weighted by atomic mass is 32.2. The average molecular weight is 235 g/mol. The molecule has 1 aliphatic rings. The summed E-state index contributed by atoms with van der Waals surface area (Å²) in [6.45, 7) is 2.00. The number of hydrogen-bond acceptors (Lipinski definition) is 3. The highest BCUT2D eigenvalue weighted by Gasteiger charge is 2.24. The van der Waals surface area contributed by atoms with Gasteiger partial charge >= 0.3 is 0 Å². The highest BCUT2D eigenvalue weighted by molar-refractivity contribution is 7.89. The van der Waals surface area contributed by atoms with E-state index in [4.69, 9.17) is 0 Å². The van der Waals surface area contributed by atoms with Crippen molar-refractivity contribution in [1.82, 2.24) is 4.72 Å². The molecule has 0 saturated heterocycles. The minimum atomic E-state index is -3.17. The van der Waals surface area contributed by atoms with Gasteiger partial charge in [-0.15, -0.1) is 0 Å². The van der Waals surface area contributed by atoms with Crippen molar-refractivity contribution in [1.29, 1.82) is 0 Å². The Bertz CT molecular complexity index is 270. The number of hydrogen-bond donors (Lipinski definition) is 2. The molecular weight excluding hydrogens is 214 g/mol. The van der Waals surface area contributed by atoms with Gasteiger partial charge in [0.15, 0.2) is 0 Å². The Morgan fingerprint density at radius 3 is 2.53 bits per heavy atom. The zero-order valence-corrected chi connectivity index (χ0v) is 10.1. The van der Waals surface area contributed by atoms with E-state index in [9.17, 15) is 13.5 Å². The Labute approximate surface area is 92.1 Å². The van der Waals surface area contributed by atoms with Gasteiger partial charge in [-0.25, -0.2) is 13.1 Å². The number of aliphatic hydroxyl groups is 1. The van der Waals surface area contributed by atoms with Crippen LogP contribution in [0.15, 0.2) is 0 Å². The zero-order chi connectivity index (χ0) is 11.3. The minimum absolute atomic E-state index is 0.143. The molecular formula is C10H21NO3S. The maximum absolute atomic E-state index is 11.3. The second-order valence-electron chi connectivity index (χ2n) is 4.28. The fourth-order valence-electron chi connectivity index (χ4n) is 2.06. The van der Waals surface area contributed by atoms with Gasteiger partial charge in [-0.2, -0.15) is 0 Å². The SMILES string of the molecule is CCCS(=O)(=O)NCC(O)C1CCCC1. The van der Waals surface area contributed by atoms with Crippen molar-refractivity contribution in [3.63, 3.8) is 0 Å². The Balaban J connectivity index is 2.29. The topological polar surface area (TPSA) is 66.4 Å². The van der Waals surface area contributed by atoms with E-state index in [0.29, 0.717) is 6.42 Å². The van der Waals surface area contributed by atoms with Crippen LogP contribution in [0.25, 0.3) is 0 Å². The van der Waals surface area contributed by atoms with Gasteiger partial charge < -0.3 is 5.11 Å². The molecule has 1 atom stereocenters. The molecule has 0 aromatic rings. The van der Waals surface area contributed by atoms with Crippen LogP contribution in [-0.4, -0.2) is 31.9 Å². The number of nitrogens with one attached hydrogen (secondary N) is 1. The van der Waals surface area contributed by atoms with Crippen molar-refractivity contribution in [2.24, 2.45) is 5.92 Å². The molecule has 0 bridgehead atoms. The first-order valence-corrected chi connectivity index (χ1v) is 7.36. The zero-order valence-electron chi connectivity index (χ0n) is 9.28. The van der Waals surface area contributed by atoms with Crippen LogP contribution in [0.3, 0.4) is 0 Å². The van der Waals surface area contributed by atoms with Crippen molar-refractivity contribution in [3.8, 4) is 0 Å². The third kappa shape index (κ3) is 4.49. The number of rotatable bonds is 6. The van der Waals surface area contributed by atoms with Crippen LogP contribution >= 0.6 is 0 Å². The molecule has 0 aromatic carbocycles. The van der Waals surface area contributed by atoms with Gasteiger partial charge in [-0.05, 0) is 25.2 Å². The molecule has 0 radical (unpaired) electrons. The van der Waals surface area contributed by atoms with E-state index in [2.05, 4.69) is 4.72 Å². The Morgan fingerprint density at radius 1 is 1.40 bits per heavy atom. The monoisotopic (exact) mass is 235 g/mol.